The van der Waals surface area contributed by atoms with E-state index >= 15 is 0 Å². The Bertz CT molecular complexity index is 2170. The molecule has 0 spiro atoms. The summed E-state index contributed by atoms with van der Waals surface area (Å²) in [5.41, 5.74) is 4.69. The summed E-state index contributed by atoms with van der Waals surface area (Å²) in [5, 5.41) is 3.67. The normalized spacial score (nSPS) is 17.6. The fourth-order valence-corrected chi connectivity index (χ4v) is 6.95. The summed E-state index contributed by atoms with van der Waals surface area (Å²) in [6.07, 6.45) is 4.02. The molecule has 3 amide bonds. The molecule has 0 bridgehead atoms. The van der Waals surface area contributed by atoms with E-state index in [1.54, 1.807) is 43.0 Å². The number of aromatic nitrogens is 2. The maximum absolute atomic E-state index is 13.2. The van der Waals surface area contributed by atoms with Crippen molar-refractivity contribution in [3.8, 4) is 34.5 Å². The first-order chi connectivity index (χ1) is 24.0. The predicted octanol–water partition coefficient (Wildman–Crippen LogP) is 2.93. The highest BCUT2D eigenvalue weighted by molar-refractivity contribution is 6.05. The Balaban J connectivity index is 1.06. The van der Waals surface area contributed by atoms with Crippen LogP contribution in [0.2, 0.25) is 0 Å². The van der Waals surface area contributed by atoms with Crippen LogP contribution in [0.4, 0.5) is 5.82 Å². The van der Waals surface area contributed by atoms with Gasteiger partial charge in [0.25, 0.3) is 11.5 Å². The number of methoxy groups -OCH3 is 2. The van der Waals surface area contributed by atoms with Crippen LogP contribution < -0.4 is 25.2 Å². The number of nitrogens with one attached hydrogen (secondary N) is 1. The summed E-state index contributed by atoms with van der Waals surface area (Å²) >= 11 is 0. The fraction of sp³-hybridized carbons (Fsp3) is 0.342. The van der Waals surface area contributed by atoms with Crippen LogP contribution in [0.1, 0.15) is 39.9 Å². The van der Waals surface area contributed by atoms with Gasteiger partial charge < -0.3 is 23.8 Å². The first kappa shape index (κ1) is 32.9. The summed E-state index contributed by atoms with van der Waals surface area (Å²) in [4.78, 5) is 60.3. The molecule has 256 valence electrons. The average Bonchev–Trinajstić information content (AvgIpc) is 3.41. The Morgan fingerprint density at radius 1 is 0.980 bits per heavy atom. The van der Waals surface area contributed by atoms with Gasteiger partial charge in [0.1, 0.15) is 23.4 Å². The van der Waals surface area contributed by atoms with Gasteiger partial charge in [-0.15, -0.1) is 0 Å². The number of rotatable bonds is 7. The minimum Gasteiger partial charge on any atom is -0.496 e. The fourth-order valence-electron chi connectivity index (χ4n) is 6.95. The van der Waals surface area contributed by atoms with Gasteiger partial charge in [-0.1, -0.05) is 17.9 Å². The van der Waals surface area contributed by atoms with E-state index in [4.69, 9.17) is 9.47 Å². The zero-order valence-corrected chi connectivity index (χ0v) is 28.7. The van der Waals surface area contributed by atoms with Crippen molar-refractivity contribution in [2.75, 3.05) is 46.3 Å². The van der Waals surface area contributed by atoms with E-state index in [9.17, 15) is 19.2 Å². The molecule has 2 saturated heterocycles. The number of anilines is 1. The van der Waals surface area contributed by atoms with Crippen molar-refractivity contribution in [2.24, 2.45) is 13.0 Å². The highest BCUT2D eigenvalue weighted by atomic mass is 16.5. The molecule has 3 aliphatic rings. The lowest BCUT2D eigenvalue weighted by Gasteiger charge is -2.37. The van der Waals surface area contributed by atoms with E-state index in [0.717, 1.165) is 52.1 Å². The number of piperidine rings is 1. The molecule has 0 aliphatic carbocycles. The third kappa shape index (κ3) is 5.94. The van der Waals surface area contributed by atoms with Crippen LogP contribution in [-0.2, 0) is 29.7 Å². The zero-order valence-electron chi connectivity index (χ0n) is 28.7. The molecule has 1 atom stereocenters. The van der Waals surface area contributed by atoms with Gasteiger partial charge in [-0.2, -0.15) is 0 Å². The largest absolute Gasteiger partial charge is 0.496 e. The number of carbonyl (C=O) groups excluding carboxylic acids is 3. The van der Waals surface area contributed by atoms with Crippen molar-refractivity contribution in [3.63, 3.8) is 0 Å². The minimum absolute atomic E-state index is 0.117. The van der Waals surface area contributed by atoms with Gasteiger partial charge in [-0.25, -0.2) is 4.98 Å². The number of hydrogen-bond donors (Lipinski definition) is 1. The van der Waals surface area contributed by atoms with Crippen LogP contribution in [0.25, 0.3) is 21.9 Å². The summed E-state index contributed by atoms with van der Waals surface area (Å²) in [5.74, 6) is 7.95. The van der Waals surface area contributed by atoms with Gasteiger partial charge in [0.05, 0.1) is 25.2 Å². The molecule has 7 rings (SSSR count). The van der Waals surface area contributed by atoms with Crippen LogP contribution >= 0.6 is 0 Å². The van der Waals surface area contributed by atoms with Crippen molar-refractivity contribution in [2.45, 2.75) is 32.0 Å². The molecule has 2 aromatic carbocycles. The molecule has 2 aromatic heterocycles. The number of amides is 3. The topological polar surface area (TPSA) is 126 Å². The first-order valence-electron chi connectivity index (χ1n) is 16.5. The monoisotopic (exact) mass is 674 g/mol. The number of imide groups is 1. The van der Waals surface area contributed by atoms with Crippen molar-refractivity contribution >= 4 is 34.3 Å². The summed E-state index contributed by atoms with van der Waals surface area (Å²) in [7, 11) is 8.85. The zero-order chi connectivity index (χ0) is 35.3. The quantitative estimate of drug-likeness (QED) is 0.233. The highest BCUT2D eigenvalue weighted by Crippen LogP contribution is 2.39. The lowest BCUT2D eigenvalue weighted by atomic mass is 9.96. The molecule has 0 saturated carbocycles. The molecule has 4 aromatic rings. The van der Waals surface area contributed by atoms with E-state index in [1.807, 2.05) is 55.5 Å². The van der Waals surface area contributed by atoms with Gasteiger partial charge >= 0.3 is 0 Å². The van der Waals surface area contributed by atoms with Gasteiger partial charge in [0, 0.05) is 94.1 Å². The minimum atomic E-state index is -0.640. The predicted molar refractivity (Wildman–Crippen MR) is 188 cm³/mol. The molecule has 1 unspecified atom stereocenters. The second-order valence-corrected chi connectivity index (χ2v) is 13.2. The summed E-state index contributed by atoms with van der Waals surface area (Å²) in [6.45, 7) is 2.48. The Morgan fingerprint density at radius 3 is 2.40 bits per heavy atom. The van der Waals surface area contributed by atoms with Crippen LogP contribution in [-0.4, -0.2) is 84.5 Å². The molecule has 3 aliphatic heterocycles. The Labute approximate surface area is 289 Å². The lowest BCUT2D eigenvalue weighted by molar-refractivity contribution is -0.136. The summed E-state index contributed by atoms with van der Waals surface area (Å²) in [6, 6.07) is 10.9. The van der Waals surface area contributed by atoms with E-state index in [0.29, 0.717) is 42.0 Å². The van der Waals surface area contributed by atoms with Gasteiger partial charge in [0.15, 0.2) is 0 Å². The number of likely N-dealkylation sites (tertiary alicyclic amines) is 1. The van der Waals surface area contributed by atoms with Crippen molar-refractivity contribution in [3.05, 3.63) is 81.4 Å². The van der Waals surface area contributed by atoms with Crippen molar-refractivity contribution in [1.29, 1.82) is 0 Å². The molecule has 12 heteroatoms. The number of fused-ring (bicyclic) bond motifs is 2. The van der Waals surface area contributed by atoms with Crippen molar-refractivity contribution in [1.82, 2.24) is 24.7 Å². The van der Waals surface area contributed by atoms with Crippen LogP contribution in [0.3, 0.4) is 0 Å². The maximum Gasteiger partial charge on any atom is 0.259 e. The molecule has 12 nitrogen and oxygen atoms in total. The van der Waals surface area contributed by atoms with E-state index < -0.39 is 11.9 Å². The number of hydrogen-bond acceptors (Lipinski definition) is 9. The number of ether oxygens (including phenoxy) is 2. The summed E-state index contributed by atoms with van der Waals surface area (Å²) < 4.78 is 13.3. The second-order valence-electron chi connectivity index (χ2n) is 13.2. The van der Waals surface area contributed by atoms with E-state index in [1.165, 1.54) is 0 Å². The Hall–Kier alpha value is -5.67. The third-order valence-corrected chi connectivity index (χ3v) is 9.72. The molecular weight excluding hydrogens is 636 g/mol. The van der Waals surface area contributed by atoms with E-state index in [2.05, 4.69) is 27.0 Å². The highest BCUT2D eigenvalue weighted by Gasteiger charge is 2.39. The number of nitrogens with zero attached hydrogens (tertiary/aromatic N) is 5. The number of aryl methyl sites for hydroxylation is 1. The molecule has 0 radical (unpaired) electrons. The van der Waals surface area contributed by atoms with Crippen LogP contribution in [0, 0.1) is 17.8 Å². The Morgan fingerprint density at radius 2 is 1.72 bits per heavy atom. The second kappa shape index (κ2) is 13.0. The molecule has 5 heterocycles. The van der Waals surface area contributed by atoms with Gasteiger partial charge in [-0.3, -0.25) is 29.4 Å². The molecule has 50 heavy (non-hydrogen) atoms. The average molecular weight is 675 g/mol. The van der Waals surface area contributed by atoms with E-state index in [-0.39, 0.29) is 29.7 Å². The number of pyridine rings is 2. The molecule has 2 fully saturated rings. The Kier molecular flexibility index (Phi) is 8.53. The number of benzene rings is 2. The smallest absolute Gasteiger partial charge is 0.259 e. The first-order valence-corrected chi connectivity index (χ1v) is 16.5. The van der Waals surface area contributed by atoms with Crippen LogP contribution in [0.15, 0.2) is 53.6 Å². The van der Waals surface area contributed by atoms with Gasteiger partial charge in [0.2, 0.25) is 11.8 Å². The van der Waals surface area contributed by atoms with Crippen LogP contribution in [0.5, 0.6) is 11.5 Å². The maximum atomic E-state index is 13.2. The number of carbonyl (C=O) groups is 3. The third-order valence-electron chi connectivity index (χ3n) is 9.72. The SMILES string of the molecule is COc1cc(-c2cn(C)c(=O)c3cnc(N(C)C)cc23)cc(OC)c1CN1CC(C#Cc2ccc3c(c2)C(=O)N(C2CCC(=O)NC2=O)C3)C1. The molecular formula is C38H38N6O6. The lowest BCUT2D eigenvalue weighted by Crippen LogP contribution is -2.52. The van der Waals surface area contributed by atoms with Crippen molar-refractivity contribution < 1.29 is 23.9 Å². The van der Waals surface area contributed by atoms with Gasteiger partial charge in [-0.05, 0) is 47.9 Å². The standard InChI is InChI=1S/C38H38N6O6/c1-41(2)34-15-27-28(16-39-34)37(47)42(3)20-29(27)25-13-32(49-4)30(33(14-25)50-5)21-43-17-23(18-43)7-6-22-8-9-24-19-44(38(48)26(24)12-22)31-10-11-35(45)40-36(31)46/h8-9,12-16,20,23,31H,10-11,17-19,21H2,1-5H3,(H,40,45,46). The molecule has 1 N–H and O–H groups in total.